The minimum Gasteiger partial charge on any atom is -0.462 e. The van der Waals surface area contributed by atoms with Gasteiger partial charge in [-0.1, -0.05) is 261 Å². The van der Waals surface area contributed by atoms with Gasteiger partial charge in [-0.2, -0.15) is 0 Å². The minimum atomic E-state index is -0.782. The van der Waals surface area contributed by atoms with Crippen molar-refractivity contribution >= 4 is 17.9 Å². The van der Waals surface area contributed by atoms with Crippen molar-refractivity contribution in [3.05, 3.63) is 60.8 Å². The molecule has 0 bridgehead atoms. The Morgan fingerprint density at radius 1 is 0.278 bits per heavy atom. The first kappa shape index (κ1) is 69.1. The summed E-state index contributed by atoms with van der Waals surface area (Å²) in [6.45, 7) is 6.59. The molecule has 1 unspecified atom stereocenters. The normalized spacial score (nSPS) is 12.4. The molecule has 0 aliphatic carbocycles. The third-order valence-corrected chi connectivity index (χ3v) is 13.7. The molecular formula is C66H118O6. The first-order valence-corrected chi connectivity index (χ1v) is 31.3. The molecule has 0 heterocycles. The highest BCUT2D eigenvalue weighted by Gasteiger charge is 2.19. The first-order chi connectivity index (χ1) is 35.5. The van der Waals surface area contributed by atoms with Gasteiger partial charge in [0, 0.05) is 19.3 Å². The molecule has 0 fully saturated rings. The monoisotopic (exact) mass is 1010 g/mol. The van der Waals surface area contributed by atoms with E-state index in [1.165, 1.54) is 199 Å². The lowest BCUT2D eigenvalue weighted by Crippen LogP contribution is -2.30. The molecule has 0 aromatic rings. The lowest BCUT2D eigenvalue weighted by atomic mass is 10.0. The molecular weight excluding hydrogens is 889 g/mol. The Kier molecular flexibility index (Phi) is 58.2. The number of hydrogen-bond acceptors (Lipinski definition) is 6. The fourth-order valence-corrected chi connectivity index (χ4v) is 8.96. The van der Waals surface area contributed by atoms with Crippen molar-refractivity contribution in [3.8, 4) is 0 Å². The van der Waals surface area contributed by atoms with Crippen molar-refractivity contribution in [1.82, 2.24) is 0 Å². The maximum atomic E-state index is 12.9. The van der Waals surface area contributed by atoms with E-state index in [2.05, 4.69) is 81.5 Å². The van der Waals surface area contributed by atoms with E-state index in [1.54, 1.807) is 0 Å². The second kappa shape index (κ2) is 60.7. The molecule has 0 saturated heterocycles. The highest BCUT2D eigenvalue weighted by Crippen LogP contribution is 2.16. The van der Waals surface area contributed by atoms with Crippen LogP contribution in [0.3, 0.4) is 0 Å². The van der Waals surface area contributed by atoms with Gasteiger partial charge in [0.15, 0.2) is 6.10 Å². The molecule has 0 radical (unpaired) electrons. The summed E-state index contributed by atoms with van der Waals surface area (Å²) in [7, 11) is 0. The Morgan fingerprint density at radius 2 is 0.514 bits per heavy atom. The highest BCUT2D eigenvalue weighted by molar-refractivity contribution is 5.71. The number of hydrogen-bond donors (Lipinski definition) is 0. The summed E-state index contributed by atoms with van der Waals surface area (Å²) in [6.07, 6.45) is 76.5. The Morgan fingerprint density at radius 3 is 0.833 bits per heavy atom. The Balaban J connectivity index is 4.25. The van der Waals surface area contributed by atoms with E-state index in [1.807, 2.05) is 0 Å². The van der Waals surface area contributed by atoms with Gasteiger partial charge < -0.3 is 14.2 Å². The van der Waals surface area contributed by atoms with Gasteiger partial charge >= 0.3 is 17.9 Å². The molecule has 0 saturated carbocycles. The number of ether oxygens (including phenoxy) is 3. The van der Waals surface area contributed by atoms with E-state index in [0.29, 0.717) is 19.3 Å². The largest absolute Gasteiger partial charge is 0.462 e. The summed E-state index contributed by atoms with van der Waals surface area (Å²) in [5.41, 5.74) is 0. The SMILES string of the molecule is CCCC/C=C\CCCCCCCC(=O)OCC(COC(=O)CCCCCCCCCCCCCCC/C=C\C/C=C\CCCCCCC)OC(=O)CCCCCCCCC/C=C\C/C=C\CCCCCC. The molecule has 0 spiro atoms. The summed E-state index contributed by atoms with van der Waals surface area (Å²) in [5.74, 6) is -0.884. The quantitative estimate of drug-likeness (QED) is 0.0261. The van der Waals surface area contributed by atoms with Crippen LogP contribution in [0.25, 0.3) is 0 Å². The van der Waals surface area contributed by atoms with Gasteiger partial charge in [0.2, 0.25) is 0 Å². The van der Waals surface area contributed by atoms with Crippen LogP contribution < -0.4 is 0 Å². The third-order valence-electron chi connectivity index (χ3n) is 13.7. The zero-order valence-corrected chi connectivity index (χ0v) is 47.9. The molecule has 0 aromatic carbocycles. The minimum absolute atomic E-state index is 0.0788. The van der Waals surface area contributed by atoms with E-state index >= 15 is 0 Å². The predicted molar refractivity (Wildman–Crippen MR) is 312 cm³/mol. The maximum Gasteiger partial charge on any atom is 0.306 e. The van der Waals surface area contributed by atoms with E-state index in [-0.39, 0.29) is 31.1 Å². The van der Waals surface area contributed by atoms with Crippen LogP contribution in [-0.4, -0.2) is 37.2 Å². The zero-order valence-electron chi connectivity index (χ0n) is 47.9. The van der Waals surface area contributed by atoms with Gasteiger partial charge in [0.1, 0.15) is 13.2 Å². The lowest BCUT2D eigenvalue weighted by Gasteiger charge is -2.18. The van der Waals surface area contributed by atoms with Gasteiger partial charge in [-0.15, -0.1) is 0 Å². The van der Waals surface area contributed by atoms with Gasteiger partial charge in [0.05, 0.1) is 0 Å². The van der Waals surface area contributed by atoms with Gasteiger partial charge in [-0.05, 0) is 103 Å². The topological polar surface area (TPSA) is 78.9 Å². The van der Waals surface area contributed by atoms with E-state index < -0.39 is 6.10 Å². The van der Waals surface area contributed by atoms with Crippen LogP contribution in [0.4, 0.5) is 0 Å². The molecule has 6 nitrogen and oxygen atoms in total. The van der Waals surface area contributed by atoms with E-state index in [9.17, 15) is 14.4 Å². The summed E-state index contributed by atoms with van der Waals surface area (Å²) in [5, 5.41) is 0. The predicted octanol–water partition coefficient (Wildman–Crippen LogP) is 21.2. The standard InChI is InChI=1S/C66H118O6/c1-4-7-10-13-16-19-22-24-26-28-30-31-32-33-34-35-36-38-39-41-44-47-50-53-56-59-65(68)71-62-63(61-70-64(67)58-55-52-49-46-43-21-18-15-12-9-6-3)72-66(69)60-57-54-51-48-45-42-40-37-29-27-25-23-20-17-14-11-8-5-2/h15,18,20,22-24,27-30,63H,4-14,16-17,19,21,25-26,31-62H2,1-3H3/b18-15-,23-20-,24-22-,29-27-,30-28-. The van der Waals surface area contributed by atoms with Gasteiger partial charge in [-0.25, -0.2) is 0 Å². The maximum absolute atomic E-state index is 12.9. The van der Waals surface area contributed by atoms with Crippen LogP contribution >= 0.6 is 0 Å². The molecule has 6 heteroatoms. The molecule has 0 aromatic heterocycles. The smallest absolute Gasteiger partial charge is 0.306 e. The molecule has 0 rings (SSSR count). The van der Waals surface area contributed by atoms with Crippen LogP contribution in [0.1, 0.15) is 323 Å². The lowest BCUT2D eigenvalue weighted by molar-refractivity contribution is -0.167. The molecule has 0 amide bonds. The van der Waals surface area contributed by atoms with Crippen molar-refractivity contribution in [2.75, 3.05) is 13.2 Å². The summed E-state index contributed by atoms with van der Waals surface area (Å²) < 4.78 is 16.9. The fraction of sp³-hybridized carbons (Fsp3) is 0.803. The van der Waals surface area contributed by atoms with Crippen molar-refractivity contribution in [3.63, 3.8) is 0 Å². The molecule has 0 aliphatic heterocycles. The second-order valence-electron chi connectivity index (χ2n) is 21.0. The average molecular weight is 1010 g/mol. The van der Waals surface area contributed by atoms with Crippen molar-refractivity contribution in [1.29, 1.82) is 0 Å². The Bertz CT molecular complexity index is 1290. The molecule has 0 N–H and O–H groups in total. The number of rotatable bonds is 57. The van der Waals surface area contributed by atoms with Gasteiger partial charge in [0.25, 0.3) is 0 Å². The number of carbonyl (C=O) groups is 3. The van der Waals surface area contributed by atoms with Crippen molar-refractivity contribution in [2.45, 2.75) is 329 Å². The molecule has 418 valence electrons. The Hall–Kier alpha value is -2.89. The first-order valence-electron chi connectivity index (χ1n) is 31.3. The highest BCUT2D eigenvalue weighted by atomic mass is 16.6. The van der Waals surface area contributed by atoms with Crippen LogP contribution in [0.15, 0.2) is 60.8 Å². The number of carbonyl (C=O) groups excluding carboxylic acids is 3. The molecule has 72 heavy (non-hydrogen) atoms. The van der Waals surface area contributed by atoms with E-state index in [4.69, 9.17) is 14.2 Å². The summed E-state index contributed by atoms with van der Waals surface area (Å²) in [4.78, 5) is 38.2. The van der Waals surface area contributed by atoms with Crippen LogP contribution in [-0.2, 0) is 28.6 Å². The average Bonchev–Trinajstić information content (AvgIpc) is 3.38. The number of esters is 3. The number of allylic oxidation sites excluding steroid dienone is 10. The van der Waals surface area contributed by atoms with Crippen LogP contribution in [0, 0.1) is 0 Å². The number of unbranched alkanes of at least 4 members (excludes halogenated alkanes) is 36. The van der Waals surface area contributed by atoms with Crippen molar-refractivity contribution in [2.24, 2.45) is 0 Å². The summed E-state index contributed by atoms with van der Waals surface area (Å²) in [6, 6.07) is 0. The zero-order chi connectivity index (χ0) is 52.2. The summed E-state index contributed by atoms with van der Waals surface area (Å²) >= 11 is 0. The van der Waals surface area contributed by atoms with Crippen molar-refractivity contribution < 1.29 is 28.6 Å². The van der Waals surface area contributed by atoms with Crippen LogP contribution in [0.5, 0.6) is 0 Å². The second-order valence-corrected chi connectivity index (χ2v) is 21.0. The third kappa shape index (κ3) is 58.0. The Labute approximate surface area is 447 Å². The van der Waals surface area contributed by atoms with Crippen LogP contribution in [0.2, 0.25) is 0 Å². The van der Waals surface area contributed by atoms with E-state index in [0.717, 1.165) is 83.5 Å². The molecule has 1 atom stereocenters. The fourth-order valence-electron chi connectivity index (χ4n) is 8.96. The molecule has 0 aliphatic rings. The van der Waals surface area contributed by atoms with Gasteiger partial charge in [-0.3, -0.25) is 14.4 Å².